The maximum absolute atomic E-state index is 12.8. The summed E-state index contributed by atoms with van der Waals surface area (Å²) in [6, 6.07) is 8.91. The lowest BCUT2D eigenvalue weighted by Crippen LogP contribution is -2.30. The number of fused-ring (bicyclic) bond motifs is 1. The highest BCUT2D eigenvalue weighted by Gasteiger charge is 2.31. The van der Waals surface area contributed by atoms with E-state index in [0.717, 1.165) is 17.7 Å². The van der Waals surface area contributed by atoms with Gasteiger partial charge in [-0.15, -0.1) is 0 Å². The van der Waals surface area contributed by atoms with E-state index in [1.165, 1.54) is 29.2 Å². The summed E-state index contributed by atoms with van der Waals surface area (Å²) in [4.78, 5) is 24.2. The van der Waals surface area contributed by atoms with Gasteiger partial charge in [0.1, 0.15) is 0 Å². The minimum atomic E-state index is -4.47. The Kier molecular flexibility index (Phi) is 4.20. The molecular formula is C17H13F3N2O3. The molecule has 0 bridgehead atoms. The number of nitrogens with zero attached hydrogens (tertiary/aromatic N) is 2. The second kappa shape index (κ2) is 6.19. The number of hydrogen-bond donors (Lipinski definition) is 0. The molecule has 0 N–H and O–H groups in total. The highest BCUT2D eigenvalue weighted by molar-refractivity contribution is 5.97. The monoisotopic (exact) mass is 350 g/mol. The van der Waals surface area contributed by atoms with Crippen LogP contribution in [0.3, 0.4) is 0 Å². The van der Waals surface area contributed by atoms with Crippen molar-refractivity contribution >= 4 is 17.3 Å². The molecule has 1 heterocycles. The number of rotatable bonds is 3. The molecule has 8 heteroatoms. The van der Waals surface area contributed by atoms with Gasteiger partial charge in [-0.2, -0.15) is 13.2 Å². The minimum absolute atomic E-state index is 0.127. The Balaban J connectivity index is 1.83. The third kappa shape index (κ3) is 3.47. The van der Waals surface area contributed by atoms with Crippen LogP contribution < -0.4 is 4.90 Å². The summed E-state index contributed by atoms with van der Waals surface area (Å²) in [7, 11) is 0. The van der Waals surface area contributed by atoms with Crippen LogP contribution in [0.4, 0.5) is 24.5 Å². The van der Waals surface area contributed by atoms with Gasteiger partial charge in [-0.25, -0.2) is 0 Å². The van der Waals surface area contributed by atoms with Crippen molar-refractivity contribution in [1.82, 2.24) is 0 Å². The van der Waals surface area contributed by atoms with Crippen molar-refractivity contribution in [2.75, 3.05) is 11.4 Å². The molecule has 0 radical (unpaired) electrons. The number of nitro benzene ring substituents is 1. The van der Waals surface area contributed by atoms with Crippen LogP contribution in [0.1, 0.15) is 16.7 Å². The summed E-state index contributed by atoms with van der Waals surface area (Å²) in [6.07, 6.45) is -4.12. The lowest BCUT2D eigenvalue weighted by Gasteiger charge is -2.17. The average Bonchev–Trinajstić information content (AvgIpc) is 2.97. The summed E-state index contributed by atoms with van der Waals surface area (Å²) in [6.45, 7) is 0.355. The summed E-state index contributed by atoms with van der Waals surface area (Å²) < 4.78 is 38.3. The smallest absolute Gasteiger partial charge is 0.311 e. The molecule has 3 rings (SSSR count). The van der Waals surface area contributed by atoms with Gasteiger partial charge >= 0.3 is 6.18 Å². The van der Waals surface area contributed by atoms with Gasteiger partial charge in [-0.3, -0.25) is 14.9 Å². The van der Waals surface area contributed by atoms with Gasteiger partial charge in [0, 0.05) is 18.7 Å². The largest absolute Gasteiger partial charge is 0.416 e. The highest BCUT2D eigenvalue weighted by atomic mass is 19.4. The molecule has 1 aliphatic heterocycles. The molecule has 2 aromatic rings. The van der Waals surface area contributed by atoms with E-state index in [1.807, 2.05) is 0 Å². The fourth-order valence-electron chi connectivity index (χ4n) is 2.87. The fourth-order valence-corrected chi connectivity index (χ4v) is 2.87. The van der Waals surface area contributed by atoms with Gasteiger partial charge < -0.3 is 4.90 Å². The molecule has 0 unspecified atom stereocenters. The number of carbonyl (C=O) groups excluding carboxylic acids is 1. The normalized spacial score (nSPS) is 13.6. The topological polar surface area (TPSA) is 63.5 Å². The number of benzene rings is 2. The molecule has 0 spiro atoms. The van der Waals surface area contributed by atoms with Crippen LogP contribution in [-0.2, 0) is 23.8 Å². The van der Waals surface area contributed by atoms with Crippen molar-refractivity contribution < 1.29 is 22.9 Å². The zero-order valence-corrected chi connectivity index (χ0v) is 12.9. The minimum Gasteiger partial charge on any atom is -0.311 e. The molecule has 25 heavy (non-hydrogen) atoms. The summed E-state index contributed by atoms with van der Waals surface area (Å²) in [5, 5.41) is 10.9. The van der Waals surface area contributed by atoms with Crippen molar-refractivity contribution in [2.45, 2.75) is 19.0 Å². The molecule has 1 aliphatic rings. The van der Waals surface area contributed by atoms with E-state index in [2.05, 4.69) is 0 Å². The second-order valence-electron chi connectivity index (χ2n) is 5.74. The van der Waals surface area contributed by atoms with Crippen molar-refractivity contribution in [3.05, 3.63) is 69.3 Å². The van der Waals surface area contributed by atoms with E-state index in [0.29, 0.717) is 18.7 Å². The number of hydrogen-bond acceptors (Lipinski definition) is 3. The van der Waals surface area contributed by atoms with Gasteiger partial charge in [0.15, 0.2) is 0 Å². The maximum Gasteiger partial charge on any atom is 0.416 e. The Morgan fingerprint density at radius 2 is 1.96 bits per heavy atom. The zero-order valence-electron chi connectivity index (χ0n) is 12.9. The molecule has 1 amide bonds. The molecule has 130 valence electrons. The van der Waals surface area contributed by atoms with Gasteiger partial charge in [0.25, 0.3) is 5.69 Å². The van der Waals surface area contributed by atoms with Crippen molar-refractivity contribution in [3.63, 3.8) is 0 Å². The number of halogens is 3. The van der Waals surface area contributed by atoms with E-state index >= 15 is 0 Å². The molecule has 2 aromatic carbocycles. The van der Waals surface area contributed by atoms with Crippen LogP contribution in [0.25, 0.3) is 0 Å². The quantitative estimate of drug-likeness (QED) is 0.626. The zero-order chi connectivity index (χ0) is 18.2. The van der Waals surface area contributed by atoms with E-state index < -0.39 is 22.6 Å². The van der Waals surface area contributed by atoms with Gasteiger partial charge in [0.05, 0.1) is 22.6 Å². The predicted octanol–water partition coefficient (Wildman–Crippen LogP) is 3.75. The van der Waals surface area contributed by atoms with Gasteiger partial charge in [-0.05, 0) is 23.6 Å². The molecule has 0 saturated carbocycles. The van der Waals surface area contributed by atoms with Crippen LogP contribution in [0.15, 0.2) is 42.5 Å². The predicted molar refractivity (Wildman–Crippen MR) is 84.3 cm³/mol. The number of amides is 1. The number of anilines is 1. The number of nitro groups is 1. The maximum atomic E-state index is 12.8. The van der Waals surface area contributed by atoms with Crippen LogP contribution >= 0.6 is 0 Å². The Morgan fingerprint density at radius 3 is 2.64 bits per heavy atom. The first-order valence-corrected chi connectivity index (χ1v) is 7.49. The van der Waals surface area contributed by atoms with Crippen LogP contribution in [0.5, 0.6) is 0 Å². The summed E-state index contributed by atoms with van der Waals surface area (Å²) in [5.41, 5.74) is 0.570. The molecule has 0 saturated heterocycles. The van der Waals surface area contributed by atoms with E-state index in [1.54, 1.807) is 6.07 Å². The molecule has 0 aliphatic carbocycles. The van der Waals surface area contributed by atoms with Crippen LogP contribution in [0, 0.1) is 10.1 Å². The fraction of sp³-hybridized carbons (Fsp3) is 0.235. The Morgan fingerprint density at radius 1 is 1.20 bits per heavy atom. The average molecular weight is 350 g/mol. The summed E-state index contributed by atoms with van der Waals surface area (Å²) in [5.74, 6) is -0.390. The molecule has 0 atom stereocenters. The lowest BCUT2D eigenvalue weighted by atomic mass is 10.1. The first kappa shape index (κ1) is 16.9. The second-order valence-corrected chi connectivity index (χ2v) is 5.74. The Labute approximate surface area is 140 Å². The van der Waals surface area contributed by atoms with Crippen molar-refractivity contribution in [2.24, 2.45) is 0 Å². The summed E-state index contributed by atoms with van der Waals surface area (Å²) >= 11 is 0. The van der Waals surface area contributed by atoms with Crippen LogP contribution in [-0.4, -0.2) is 17.4 Å². The molecule has 5 nitrogen and oxygen atoms in total. The van der Waals surface area contributed by atoms with E-state index in [4.69, 9.17) is 0 Å². The first-order valence-electron chi connectivity index (χ1n) is 7.49. The molecule has 0 fully saturated rings. The van der Waals surface area contributed by atoms with E-state index in [9.17, 15) is 28.1 Å². The number of alkyl halides is 3. The van der Waals surface area contributed by atoms with Gasteiger partial charge in [0.2, 0.25) is 5.91 Å². The van der Waals surface area contributed by atoms with Crippen LogP contribution in [0.2, 0.25) is 0 Å². The molecular weight excluding hydrogens is 337 g/mol. The Hall–Kier alpha value is -2.90. The Bertz CT molecular complexity index is 849. The number of carbonyl (C=O) groups is 1. The standard InChI is InChI=1S/C17H13F3N2O3/c18-17(19,20)13-3-1-2-11(8-13)9-16(23)21-7-6-12-4-5-14(22(24)25)10-15(12)21/h1-5,8,10H,6-7,9H2. The van der Waals surface area contributed by atoms with Crippen molar-refractivity contribution in [1.29, 1.82) is 0 Å². The first-order chi connectivity index (χ1) is 11.8. The number of non-ortho nitro benzene ring substituents is 1. The molecule has 0 aromatic heterocycles. The SMILES string of the molecule is O=C(Cc1cccc(C(F)(F)F)c1)N1CCc2ccc([N+](=O)[O-])cc21. The van der Waals surface area contributed by atoms with Gasteiger partial charge in [-0.1, -0.05) is 24.3 Å². The lowest BCUT2D eigenvalue weighted by molar-refractivity contribution is -0.384. The highest BCUT2D eigenvalue weighted by Crippen LogP contribution is 2.33. The van der Waals surface area contributed by atoms with E-state index in [-0.39, 0.29) is 17.7 Å². The van der Waals surface area contributed by atoms with Crippen molar-refractivity contribution in [3.8, 4) is 0 Å². The third-order valence-corrected chi connectivity index (χ3v) is 4.09. The third-order valence-electron chi connectivity index (χ3n) is 4.09.